The Kier molecular flexibility index (Phi) is 5.88. The fraction of sp³-hybridized carbons (Fsp3) is 0.238. The van der Waals surface area contributed by atoms with Crippen molar-refractivity contribution in [1.29, 1.82) is 0 Å². The van der Waals surface area contributed by atoms with Crippen molar-refractivity contribution >= 4 is 29.1 Å². The number of amides is 1. The number of hydrogen-bond donors (Lipinski definition) is 1. The molecule has 0 spiro atoms. The minimum atomic E-state index is -0.189. The summed E-state index contributed by atoms with van der Waals surface area (Å²) >= 11 is 12.1. The topological polar surface area (TPSA) is 46.9 Å². The molecule has 2 heterocycles. The van der Waals surface area contributed by atoms with E-state index in [0.29, 0.717) is 22.2 Å². The number of halogens is 2. The molecular weight excluding hydrogens is 381 g/mol. The smallest absolute Gasteiger partial charge is 0.253 e. The number of nitrogens with zero attached hydrogens (tertiary/aromatic N) is 2. The van der Waals surface area contributed by atoms with Crippen LogP contribution in [0.4, 0.5) is 0 Å². The molecule has 0 bridgehead atoms. The number of benzene rings is 1. The van der Waals surface area contributed by atoms with E-state index >= 15 is 0 Å². The van der Waals surface area contributed by atoms with Crippen molar-refractivity contribution in [3.8, 4) is 0 Å². The third kappa shape index (κ3) is 4.34. The van der Waals surface area contributed by atoms with Crippen LogP contribution in [0.5, 0.6) is 0 Å². The van der Waals surface area contributed by atoms with Gasteiger partial charge in [0.05, 0.1) is 33.9 Å². The highest BCUT2D eigenvalue weighted by molar-refractivity contribution is 6.42. The summed E-state index contributed by atoms with van der Waals surface area (Å²) in [6.45, 7) is 6.50. The monoisotopic (exact) mass is 401 g/mol. The van der Waals surface area contributed by atoms with Gasteiger partial charge >= 0.3 is 0 Å². The second kappa shape index (κ2) is 8.15. The van der Waals surface area contributed by atoms with Crippen molar-refractivity contribution in [2.45, 2.75) is 33.4 Å². The van der Waals surface area contributed by atoms with Crippen LogP contribution < -0.4 is 5.32 Å². The Hall–Kier alpha value is -2.30. The number of nitrogens with one attached hydrogen (secondary N) is 1. The first kappa shape index (κ1) is 19.5. The Morgan fingerprint density at radius 2 is 1.93 bits per heavy atom. The number of carbonyl (C=O) groups excluding carboxylic acids is 1. The van der Waals surface area contributed by atoms with Gasteiger partial charge in [-0.1, -0.05) is 35.3 Å². The number of rotatable bonds is 5. The average molecular weight is 402 g/mol. The van der Waals surface area contributed by atoms with Gasteiger partial charge < -0.3 is 9.88 Å². The second-order valence-electron chi connectivity index (χ2n) is 6.56. The maximum Gasteiger partial charge on any atom is 0.253 e. The van der Waals surface area contributed by atoms with E-state index in [1.165, 1.54) is 0 Å². The fourth-order valence-corrected chi connectivity index (χ4v) is 3.37. The minimum Gasteiger partial charge on any atom is -0.345 e. The molecule has 0 aliphatic rings. The summed E-state index contributed by atoms with van der Waals surface area (Å²) in [5.74, 6) is -0.117. The van der Waals surface area contributed by atoms with E-state index in [1.54, 1.807) is 18.3 Å². The molecule has 0 saturated carbocycles. The average Bonchev–Trinajstić information content (AvgIpc) is 2.93. The number of pyridine rings is 1. The highest BCUT2D eigenvalue weighted by Crippen LogP contribution is 2.26. The van der Waals surface area contributed by atoms with E-state index < -0.39 is 0 Å². The molecule has 0 radical (unpaired) electrons. The van der Waals surface area contributed by atoms with Gasteiger partial charge in [-0.25, -0.2) is 0 Å². The van der Waals surface area contributed by atoms with Crippen molar-refractivity contribution in [2.24, 2.45) is 0 Å². The summed E-state index contributed by atoms with van der Waals surface area (Å²) in [5.41, 5.74) is 4.45. The van der Waals surface area contributed by atoms with Crippen molar-refractivity contribution in [2.75, 3.05) is 0 Å². The third-order valence-corrected chi connectivity index (χ3v) is 5.39. The van der Waals surface area contributed by atoms with Crippen LogP contribution in [-0.4, -0.2) is 15.5 Å². The van der Waals surface area contributed by atoms with Gasteiger partial charge in [0.15, 0.2) is 0 Å². The largest absolute Gasteiger partial charge is 0.345 e. The zero-order chi connectivity index (χ0) is 19.6. The predicted molar refractivity (Wildman–Crippen MR) is 110 cm³/mol. The minimum absolute atomic E-state index is 0.117. The molecule has 2 aromatic heterocycles. The number of hydrogen-bond acceptors (Lipinski definition) is 2. The standard InChI is InChI=1S/C21H21Cl2N3O/c1-13-10-18(15(3)26(13)12-17-6-4-5-9-24-17)21(27)25-14(2)16-7-8-19(22)20(23)11-16/h4-11,14H,12H2,1-3H3,(H,25,27)/t14-/m0/s1. The zero-order valence-corrected chi connectivity index (χ0v) is 17.0. The lowest BCUT2D eigenvalue weighted by molar-refractivity contribution is 0.0939. The van der Waals surface area contributed by atoms with Crippen LogP contribution in [0.2, 0.25) is 10.0 Å². The van der Waals surface area contributed by atoms with Crippen LogP contribution in [0.1, 0.15) is 46.0 Å². The lowest BCUT2D eigenvalue weighted by atomic mass is 10.1. The molecular formula is C21H21Cl2N3O. The predicted octanol–water partition coefficient (Wildman–Crippen LogP) is 5.35. The summed E-state index contributed by atoms with van der Waals surface area (Å²) in [7, 11) is 0. The van der Waals surface area contributed by atoms with Gasteiger partial charge in [0, 0.05) is 17.6 Å². The molecule has 3 aromatic rings. The van der Waals surface area contributed by atoms with Crippen molar-refractivity contribution in [3.05, 3.63) is 86.9 Å². The molecule has 140 valence electrons. The highest BCUT2D eigenvalue weighted by atomic mass is 35.5. The maximum atomic E-state index is 12.8. The summed E-state index contributed by atoms with van der Waals surface area (Å²) in [6, 6.07) is 12.9. The lowest BCUT2D eigenvalue weighted by Crippen LogP contribution is -2.27. The van der Waals surface area contributed by atoms with E-state index in [4.69, 9.17) is 23.2 Å². The summed E-state index contributed by atoms with van der Waals surface area (Å²) in [4.78, 5) is 17.2. The molecule has 3 rings (SSSR count). The van der Waals surface area contributed by atoms with Crippen LogP contribution in [0.3, 0.4) is 0 Å². The van der Waals surface area contributed by atoms with Gasteiger partial charge in [-0.2, -0.15) is 0 Å². The van der Waals surface area contributed by atoms with Crippen LogP contribution in [0.15, 0.2) is 48.7 Å². The first-order valence-corrected chi connectivity index (χ1v) is 9.45. The second-order valence-corrected chi connectivity index (χ2v) is 7.38. The molecule has 1 aromatic carbocycles. The Balaban J connectivity index is 1.78. The fourth-order valence-electron chi connectivity index (χ4n) is 3.07. The Bertz CT molecular complexity index is 967. The molecule has 1 amide bonds. The first-order valence-electron chi connectivity index (χ1n) is 8.69. The quantitative estimate of drug-likeness (QED) is 0.626. The lowest BCUT2D eigenvalue weighted by Gasteiger charge is -2.15. The van der Waals surface area contributed by atoms with Crippen LogP contribution in [-0.2, 0) is 6.54 Å². The van der Waals surface area contributed by atoms with E-state index in [-0.39, 0.29) is 11.9 Å². The first-order chi connectivity index (χ1) is 12.9. The van der Waals surface area contributed by atoms with Crippen LogP contribution >= 0.6 is 23.2 Å². The van der Waals surface area contributed by atoms with Gasteiger partial charge in [-0.3, -0.25) is 9.78 Å². The van der Waals surface area contributed by atoms with Crippen molar-refractivity contribution < 1.29 is 4.79 Å². The Morgan fingerprint density at radius 1 is 1.15 bits per heavy atom. The van der Waals surface area contributed by atoms with Gasteiger partial charge in [0.25, 0.3) is 5.91 Å². The van der Waals surface area contributed by atoms with Gasteiger partial charge in [0.1, 0.15) is 0 Å². The molecule has 0 aliphatic heterocycles. The van der Waals surface area contributed by atoms with E-state index in [9.17, 15) is 4.79 Å². The van der Waals surface area contributed by atoms with E-state index in [0.717, 1.165) is 22.6 Å². The Labute approximate surface area is 169 Å². The van der Waals surface area contributed by atoms with Crippen molar-refractivity contribution in [3.63, 3.8) is 0 Å². The summed E-state index contributed by atoms with van der Waals surface area (Å²) in [6.07, 6.45) is 1.77. The summed E-state index contributed by atoms with van der Waals surface area (Å²) in [5, 5.41) is 4.01. The zero-order valence-electron chi connectivity index (χ0n) is 15.5. The SMILES string of the molecule is Cc1cc(C(=O)N[C@@H](C)c2ccc(Cl)c(Cl)c2)c(C)n1Cc1ccccn1. The molecule has 1 N–H and O–H groups in total. The molecule has 0 saturated heterocycles. The van der Waals surface area contributed by atoms with Gasteiger partial charge in [-0.05, 0) is 56.7 Å². The number of aryl methyl sites for hydroxylation is 1. The molecule has 4 nitrogen and oxygen atoms in total. The molecule has 6 heteroatoms. The highest BCUT2D eigenvalue weighted by Gasteiger charge is 2.18. The molecule has 0 fully saturated rings. The summed E-state index contributed by atoms with van der Waals surface area (Å²) < 4.78 is 2.10. The van der Waals surface area contributed by atoms with Crippen LogP contribution in [0.25, 0.3) is 0 Å². The Morgan fingerprint density at radius 3 is 2.59 bits per heavy atom. The number of aromatic nitrogens is 2. The van der Waals surface area contributed by atoms with Gasteiger partial charge in [0.2, 0.25) is 0 Å². The molecule has 27 heavy (non-hydrogen) atoms. The van der Waals surface area contributed by atoms with E-state index in [2.05, 4.69) is 14.9 Å². The van der Waals surface area contributed by atoms with Crippen LogP contribution in [0, 0.1) is 13.8 Å². The maximum absolute atomic E-state index is 12.8. The van der Waals surface area contributed by atoms with E-state index in [1.807, 2.05) is 51.1 Å². The normalized spacial score (nSPS) is 12.0. The number of carbonyl (C=O) groups is 1. The third-order valence-electron chi connectivity index (χ3n) is 4.66. The van der Waals surface area contributed by atoms with Gasteiger partial charge in [-0.15, -0.1) is 0 Å². The molecule has 1 atom stereocenters. The molecule has 0 unspecified atom stereocenters. The molecule has 0 aliphatic carbocycles. The van der Waals surface area contributed by atoms with Crippen molar-refractivity contribution in [1.82, 2.24) is 14.9 Å².